The van der Waals surface area contributed by atoms with Gasteiger partial charge in [-0.2, -0.15) is 4.37 Å². The van der Waals surface area contributed by atoms with Crippen molar-refractivity contribution in [1.29, 1.82) is 0 Å². The van der Waals surface area contributed by atoms with Crippen LogP contribution in [0.25, 0.3) is 0 Å². The highest BCUT2D eigenvalue weighted by Gasteiger charge is 2.29. The molecule has 1 aromatic rings. The lowest BCUT2D eigenvalue weighted by molar-refractivity contribution is 0.0339. The molecule has 4 nitrogen and oxygen atoms in total. The van der Waals surface area contributed by atoms with Gasteiger partial charge in [0.05, 0.1) is 5.60 Å². The van der Waals surface area contributed by atoms with Crippen molar-refractivity contribution in [1.82, 2.24) is 14.7 Å². The lowest BCUT2D eigenvalue weighted by atomic mass is 9.95. The van der Waals surface area contributed by atoms with Crippen LogP contribution in [0.5, 0.6) is 0 Å². The molecule has 1 saturated heterocycles. The molecule has 0 aromatic carbocycles. The van der Waals surface area contributed by atoms with Gasteiger partial charge in [-0.05, 0) is 44.4 Å². The Labute approximate surface area is 97.7 Å². The number of piperidine rings is 1. The van der Waals surface area contributed by atoms with E-state index in [-0.39, 0.29) is 0 Å². The van der Waals surface area contributed by atoms with E-state index in [9.17, 15) is 5.11 Å². The average molecular weight is 245 g/mol. The van der Waals surface area contributed by atoms with Crippen LogP contribution >= 0.6 is 23.3 Å². The van der Waals surface area contributed by atoms with Crippen LogP contribution in [0.1, 0.15) is 18.7 Å². The van der Waals surface area contributed by atoms with Gasteiger partial charge in [0.15, 0.2) is 4.34 Å². The largest absolute Gasteiger partial charge is 0.389 e. The SMILES string of the molecule is Cc1nsc(SCC2(O)CCNCC2)n1. The van der Waals surface area contributed by atoms with E-state index in [0.717, 1.165) is 41.8 Å². The van der Waals surface area contributed by atoms with Crippen LogP contribution in [0.3, 0.4) is 0 Å². The molecular weight excluding hydrogens is 230 g/mol. The Morgan fingerprint density at radius 2 is 2.27 bits per heavy atom. The highest BCUT2D eigenvalue weighted by Crippen LogP contribution is 2.28. The summed E-state index contributed by atoms with van der Waals surface area (Å²) in [7, 11) is 0. The molecule has 0 spiro atoms. The van der Waals surface area contributed by atoms with Gasteiger partial charge in [-0.15, -0.1) is 0 Å². The fourth-order valence-corrected chi connectivity index (χ4v) is 3.37. The normalized spacial score (nSPS) is 20.4. The van der Waals surface area contributed by atoms with E-state index < -0.39 is 5.60 Å². The third-order valence-corrected chi connectivity index (χ3v) is 4.71. The second-order valence-corrected chi connectivity index (χ2v) is 5.84. The second-order valence-electron chi connectivity index (χ2n) is 3.87. The number of rotatable bonds is 3. The van der Waals surface area contributed by atoms with E-state index >= 15 is 0 Å². The Balaban J connectivity index is 1.86. The molecule has 0 saturated carbocycles. The molecule has 2 N–H and O–H groups in total. The molecule has 1 aliphatic heterocycles. The highest BCUT2D eigenvalue weighted by molar-refractivity contribution is 8.01. The number of hydrogen-bond acceptors (Lipinski definition) is 6. The summed E-state index contributed by atoms with van der Waals surface area (Å²) in [6.45, 7) is 3.71. The van der Waals surface area contributed by atoms with Crippen molar-refractivity contribution in [2.24, 2.45) is 0 Å². The van der Waals surface area contributed by atoms with Gasteiger partial charge in [0.1, 0.15) is 5.82 Å². The topological polar surface area (TPSA) is 58.0 Å². The Morgan fingerprint density at radius 1 is 1.53 bits per heavy atom. The number of aryl methyl sites for hydroxylation is 1. The summed E-state index contributed by atoms with van der Waals surface area (Å²) in [5.74, 6) is 1.54. The lowest BCUT2D eigenvalue weighted by Gasteiger charge is -2.31. The molecular formula is C9H15N3OS2. The molecule has 0 amide bonds. The van der Waals surface area contributed by atoms with Crippen molar-refractivity contribution in [2.45, 2.75) is 29.7 Å². The first-order valence-electron chi connectivity index (χ1n) is 5.04. The zero-order valence-electron chi connectivity index (χ0n) is 8.69. The quantitative estimate of drug-likeness (QED) is 0.780. The van der Waals surface area contributed by atoms with Crippen molar-refractivity contribution < 1.29 is 5.11 Å². The van der Waals surface area contributed by atoms with Gasteiger partial charge in [0.25, 0.3) is 0 Å². The van der Waals surface area contributed by atoms with E-state index in [1.165, 1.54) is 11.5 Å². The minimum Gasteiger partial charge on any atom is -0.389 e. The van der Waals surface area contributed by atoms with Crippen molar-refractivity contribution in [2.75, 3.05) is 18.8 Å². The monoisotopic (exact) mass is 245 g/mol. The van der Waals surface area contributed by atoms with Gasteiger partial charge < -0.3 is 10.4 Å². The molecule has 6 heteroatoms. The maximum absolute atomic E-state index is 10.2. The fourth-order valence-electron chi connectivity index (χ4n) is 1.57. The lowest BCUT2D eigenvalue weighted by Crippen LogP contribution is -2.43. The van der Waals surface area contributed by atoms with E-state index in [1.54, 1.807) is 11.8 Å². The molecule has 1 aliphatic rings. The van der Waals surface area contributed by atoms with Crippen molar-refractivity contribution >= 4 is 23.3 Å². The smallest absolute Gasteiger partial charge is 0.170 e. The number of nitrogens with one attached hydrogen (secondary N) is 1. The number of hydrogen-bond donors (Lipinski definition) is 2. The first kappa shape index (κ1) is 11.3. The zero-order chi connectivity index (χ0) is 10.7. The van der Waals surface area contributed by atoms with Gasteiger partial charge in [-0.3, -0.25) is 0 Å². The van der Waals surface area contributed by atoms with Crippen molar-refractivity contribution in [3.8, 4) is 0 Å². The van der Waals surface area contributed by atoms with Gasteiger partial charge in [0, 0.05) is 5.75 Å². The summed E-state index contributed by atoms with van der Waals surface area (Å²) in [5, 5.41) is 13.5. The van der Waals surface area contributed by atoms with Crippen LogP contribution in [-0.4, -0.2) is 38.9 Å². The Morgan fingerprint density at radius 3 is 2.87 bits per heavy atom. The molecule has 2 rings (SSSR count). The maximum atomic E-state index is 10.2. The summed E-state index contributed by atoms with van der Waals surface area (Å²) < 4.78 is 5.08. The highest BCUT2D eigenvalue weighted by atomic mass is 32.2. The molecule has 0 bridgehead atoms. The molecule has 0 radical (unpaired) electrons. The zero-order valence-corrected chi connectivity index (χ0v) is 10.3. The van der Waals surface area contributed by atoms with E-state index in [2.05, 4.69) is 14.7 Å². The standard InChI is InChI=1S/C9H15N3OS2/c1-7-11-8(15-12-7)14-6-9(13)2-4-10-5-3-9/h10,13H,2-6H2,1H3. The summed E-state index contributed by atoms with van der Waals surface area (Å²) in [4.78, 5) is 4.27. The minimum atomic E-state index is -0.518. The Kier molecular flexibility index (Phi) is 3.60. The Bertz CT molecular complexity index is 323. The minimum absolute atomic E-state index is 0.518. The summed E-state index contributed by atoms with van der Waals surface area (Å²) >= 11 is 3.03. The molecule has 1 aromatic heterocycles. The van der Waals surface area contributed by atoms with Gasteiger partial charge in [0.2, 0.25) is 0 Å². The predicted molar refractivity (Wildman–Crippen MR) is 62.4 cm³/mol. The molecule has 84 valence electrons. The first-order chi connectivity index (χ1) is 7.18. The number of aromatic nitrogens is 2. The van der Waals surface area contributed by atoms with Crippen LogP contribution in [0, 0.1) is 6.92 Å². The third-order valence-electron chi connectivity index (χ3n) is 2.51. The summed E-state index contributed by atoms with van der Waals surface area (Å²) in [5.41, 5.74) is -0.518. The van der Waals surface area contributed by atoms with Gasteiger partial charge >= 0.3 is 0 Å². The Hall–Kier alpha value is -0.170. The number of thioether (sulfide) groups is 1. The van der Waals surface area contributed by atoms with Crippen LogP contribution in [0.4, 0.5) is 0 Å². The molecule has 0 atom stereocenters. The maximum Gasteiger partial charge on any atom is 0.170 e. The summed E-state index contributed by atoms with van der Waals surface area (Å²) in [6, 6.07) is 0. The van der Waals surface area contributed by atoms with Crippen LogP contribution < -0.4 is 5.32 Å². The third kappa shape index (κ3) is 3.14. The van der Waals surface area contributed by atoms with E-state index in [0.29, 0.717) is 0 Å². The van der Waals surface area contributed by atoms with Gasteiger partial charge in [-0.1, -0.05) is 11.8 Å². The predicted octanol–water partition coefficient (Wildman–Crippen LogP) is 1.05. The van der Waals surface area contributed by atoms with Crippen LogP contribution in [0.2, 0.25) is 0 Å². The van der Waals surface area contributed by atoms with Crippen LogP contribution in [0.15, 0.2) is 4.34 Å². The van der Waals surface area contributed by atoms with Gasteiger partial charge in [-0.25, -0.2) is 4.98 Å². The second kappa shape index (κ2) is 4.78. The molecule has 2 heterocycles. The first-order valence-corrected chi connectivity index (χ1v) is 6.80. The molecule has 0 aliphatic carbocycles. The molecule has 0 unspecified atom stereocenters. The van der Waals surface area contributed by atoms with Crippen molar-refractivity contribution in [3.63, 3.8) is 0 Å². The fraction of sp³-hybridized carbons (Fsp3) is 0.778. The number of aliphatic hydroxyl groups is 1. The van der Waals surface area contributed by atoms with Crippen molar-refractivity contribution in [3.05, 3.63) is 5.82 Å². The summed E-state index contributed by atoms with van der Waals surface area (Å²) in [6.07, 6.45) is 1.66. The van der Waals surface area contributed by atoms with Crippen LogP contribution in [-0.2, 0) is 0 Å². The average Bonchev–Trinajstić information content (AvgIpc) is 2.63. The number of nitrogens with zero attached hydrogens (tertiary/aromatic N) is 2. The molecule has 1 fully saturated rings. The molecule has 15 heavy (non-hydrogen) atoms. The van der Waals surface area contributed by atoms with E-state index in [1.807, 2.05) is 6.92 Å². The van der Waals surface area contributed by atoms with E-state index in [4.69, 9.17) is 0 Å².